The first-order valence-corrected chi connectivity index (χ1v) is 11.6. The van der Waals surface area contributed by atoms with Crippen molar-refractivity contribution in [1.82, 2.24) is 4.98 Å². The fraction of sp³-hybridized carbons (Fsp3) is 0.130. The monoisotopic (exact) mass is 610 g/mol. The lowest BCUT2D eigenvalue weighted by Gasteiger charge is -2.12. The molecule has 4 rings (SSSR count). The summed E-state index contributed by atoms with van der Waals surface area (Å²) in [5, 5.41) is 3.31. The van der Waals surface area contributed by atoms with Gasteiger partial charge >= 0.3 is 0 Å². The molecule has 1 amide bonds. The normalized spacial score (nSPS) is 11.0. The Morgan fingerprint density at radius 3 is 2.77 bits per heavy atom. The maximum Gasteiger partial charge on any atom is 0.262 e. The summed E-state index contributed by atoms with van der Waals surface area (Å²) in [6.45, 7) is 3.70. The van der Waals surface area contributed by atoms with Gasteiger partial charge < -0.3 is 14.5 Å². The van der Waals surface area contributed by atoms with Gasteiger partial charge in [0.25, 0.3) is 5.91 Å². The summed E-state index contributed by atoms with van der Waals surface area (Å²) in [7, 11) is 0. The van der Waals surface area contributed by atoms with Crippen molar-refractivity contribution >= 4 is 72.8 Å². The van der Waals surface area contributed by atoms with Crippen LogP contribution in [0.4, 0.5) is 5.69 Å². The maximum atomic E-state index is 12.4. The van der Waals surface area contributed by atoms with E-state index in [0.717, 1.165) is 24.7 Å². The molecule has 0 unspecified atom stereocenters. The minimum absolute atomic E-state index is 0.152. The number of aromatic nitrogens is 1. The first-order valence-electron chi connectivity index (χ1n) is 9.35. The molecule has 0 bridgehead atoms. The van der Waals surface area contributed by atoms with Crippen molar-refractivity contribution in [2.75, 3.05) is 11.9 Å². The third kappa shape index (κ3) is 5.05. The Hall–Kier alpha value is -2.10. The lowest BCUT2D eigenvalue weighted by molar-refractivity contribution is -0.118. The number of anilines is 1. The van der Waals surface area contributed by atoms with Crippen molar-refractivity contribution in [2.24, 2.45) is 0 Å². The second-order valence-corrected chi connectivity index (χ2v) is 9.56. The molecule has 8 heteroatoms. The lowest BCUT2D eigenvalue weighted by atomic mass is 10.1. The van der Waals surface area contributed by atoms with Gasteiger partial charge in [-0.3, -0.25) is 4.79 Å². The molecule has 5 nitrogen and oxygen atoms in total. The van der Waals surface area contributed by atoms with Gasteiger partial charge in [-0.05, 0) is 106 Å². The van der Waals surface area contributed by atoms with Crippen LogP contribution in [0.2, 0.25) is 5.02 Å². The third-order valence-electron chi connectivity index (χ3n) is 4.55. The number of fused-ring (bicyclic) bond motifs is 1. The van der Waals surface area contributed by atoms with Crippen LogP contribution >= 0.6 is 50.1 Å². The molecule has 0 aliphatic rings. The largest absolute Gasteiger partial charge is 0.482 e. The summed E-state index contributed by atoms with van der Waals surface area (Å²) < 4.78 is 13.5. The van der Waals surface area contributed by atoms with E-state index in [1.54, 1.807) is 18.2 Å². The molecule has 0 aliphatic carbocycles. The highest BCUT2D eigenvalue weighted by Crippen LogP contribution is 2.32. The van der Waals surface area contributed by atoms with Gasteiger partial charge in [-0.2, -0.15) is 0 Å². The summed E-state index contributed by atoms with van der Waals surface area (Å²) in [5.74, 6) is 0.734. The summed E-state index contributed by atoms with van der Waals surface area (Å²) >= 11 is 12.0. The molecule has 1 heterocycles. The van der Waals surface area contributed by atoms with Crippen LogP contribution in [0.25, 0.3) is 22.6 Å². The third-order valence-corrected chi connectivity index (χ3v) is 6.19. The number of oxazole rings is 1. The first kappa shape index (κ1) is 22.1. The van der Waals surface area contributed by atoms with E-state index in [1.807, 2.05) is 44.2 Å². The predicted molar refractivity (Wildman–Crippen MR) is 135 cm³/mol. The summed E-state index contributed by atoms with van der Waals surface area (Å²) in [6, 6.07) is 15.0. The number of hydrogen-bond donors (Lipinski definition) is 1. The minimum atomic E-state index is -0.292. The van der Waals surface area contributed by atoms with Crippen LogP contribution < -0.4 is 10.1 Å². The van der Waals surface area contributed by atoms with Gasteiger partial charge in [0.2, 0.25) is 5.89 Å². The van der Waals surface area contributed by atoms with Gasteiger partial charge in [-0.25, -0.2) is 4.98 Å². The zero-order valence-electron chi connectivity index (χ0n) is 16.6. The molecule has 0 radical (unpaired) electrons. The Bertz CT molecular complexity index is 1280. The molecule has 1 N–H and O–H groups in total. The number of hydrogen-bond acceptors (Lipinski definition) is 4. The number of halogens is 3. The van der Waals surface area contributed by atoms with E-state index in [9.17, 15) is 4.79 Å². The van der Waals surface area contributed by atoms with Gasteiger partial charge in [-0.1, -0.05) is 17.7 Å². The van der Waals surface area contributed by atoms with Crippen LogP contribution in [-0.4, -0.2) is 17.5 Å². The number of aryl methyl sites for hydroxylation is 2. The minimum Gasteiger partial charge on any atom is -0.482 e. The van der Waals surface area contributed by atoms with E-state index in [2.05, 4.69) is 48.8 Å². The number of ether oxygens (including phenoxy) is 1. The van der Waals surface area contributed by atoms with Crippen molar-refractivity contribution in [2.45, 2.75) is 13.8 Å². The number of amides is 1. The number of nitrogens with one attached hydrogen (secondary N) is 1. The molecule has 158 valence electrons. The maximum absolute atomic E-state index is 12.4. The molecule has 31 heavy (non-hydrogen) atoms. The quantitative estimate of drug-likeness (QED) is 0.244. The standard InChI is InChI=1S/C23H17BrClIN2O3/c1-12-7-13(2)22(18(25)8-12)30-11-21(29)27-15-4-6-20-19(10-15)28-23(31-20)16-9-14(26)3-5-17(16)24/h3-10H,11H2,1-2H3,(H,27,29). The van der Waals surface area contributed by atoms with E-state index >= 15 is 0 Å². The number of rotatable bonds is 5. The van der Waals surface area contributed by atoms with E-state index in [0.29, 0.717) is 33.4 Å². The average Bonchev–Trinajstić information content (AvgIpc) is 3.12. The van der Waals surface area contributed by atoms with Crippen molar-refractivity contribution in [3.05, 3.63) is 72.7 Å². The topological polar surface area (TPSA) is 64.4 Å². The van der Waals surface area contributed by atoms with Crippen molar-refractivity contribution in [3.8, 4) is 17.2 Å². The van der Waals surface area contributed by atoms with Crippen LogP contribution in [0.15, 0.2) is 57.4 Å². The van der Waals surface area contributed by atoms with Gasteiger partial charge in [-0.15, -0.1) is 0 Å². The Morgan fingerprint density at radius 2 is 2.00 bits per heavy atom. The fourth-order valence-corrected chi connectivity index (χ4v) is 4.48. The molecule has 4 aromatic rings. The van der Waals surface area contributed by atoms with Crippen LogP contribution in [0.5, 0.6) is 5.75 Å². The molecule has 0 aliphatic heterocycles. The number of nitrogens with zero attached hydrogens (tertiary/aromatic N) is 1. The highest BCUT2D eigenvalue weighted by molar-refractivity contribution is 14.1. The fourth-order valence-electron chi connectivity index (χ4n) is 3.20. The summed E-state index contributed by atoms with van der Waals surface area (Å²) in [6.07, 6.45) is 0. The molecule has 0 fully saturated rings. The first-order chi connectivity index (χ1) is 14.8. The predicted octanol–water partition coefficient (Wildman–Crippen LogP) is 7.15. The molecule has 0 saturated heterocycles. The summed E-state index contributed by atoms with van der Waals surface area (Å²) in [5.41, 5.74) is 4.68. The highest BCUT2D eigenvalue weighted by Gasteiger charge is 2.14. The Balaban J connectivity index is 1.49. The number of carbonyl (C=O) groups excluding carboxylic acids is 1. The van der Waals surface area contributed by atoms with Gasteiger partial charge in [0, 0.05) is 13.7 Å². The van der Waals surface area contributed by atoms with Crippen molar-refractivity contribution < 1.29 is 13.9 Å². The van der Waals surface area contributed by atoms with Gasteiger partial charge in [0.05, 0.1) is 10.6 Å². The Labute approximate surface area is 206 Å². The zero-order valence-corrected chi connectivity index (χ0v) is 21.1. The van der Waals surface area contributed by atoms with E-state index in [4.69, 9.17) is 20.8 Å². The second kappa shape index (κ2) is 9.18. The molecule has 1 aromatic heterocycles. The molecule has 3 aromatic carbocycles. The molecular formula is C23H17BrClIN2O3. The Morgan fingerprint density at radius 1 is 1.19 bits per heavy atom. The van der Waals surface area contributed by atoms with Crippen LogP contribution in [0.1, 0.15) is 11.1 Å². The lowest BCUT2D eigenvalue weighted by Crippen LogP contribution is -2.20. The summed E-state index contributed by atoms with van der Waals surface area (Å²) in [4.78, 5) is 17.0. The van der Waals surface area contributed by atoms with Gasteiger partial charge in [0.1, 0.15) is 11.3 Å². The van der Waals surface area contributed by atoms with E-state index in [1.165, 1.54) is 0 Å². The molecule has 0 spiro atoms. The van der Waals surface area contributed by atoms with E-state index < -0.39 is 0 Å². The Kier molecular flexibility index (Phi) is 6.55. The zero-order chi connectivity index (χ0) is 22.1. The molecule has 0 saturated carbocycles. The molecule has 0 atom stereocenters. The van der Waals surface area contributed by atoms with Crippen LogP contribution in [-0.2, 0) is 4.79 Å². The van der Waals surface area contributed by atoms with E-state index in [-0.39, 0.29) is 12.5 Å². The van der Waals surface area contributed by atoms with Crippen molar-refractivity contribution in [1.29, 1.82) is 0 Å². The second-order valence-electron chi connectivity index (χ2n) is 7.06. The average molecular weight is 612 g/mol. The van der Waals surface area contributed by atoms with Crippen LogP contribution in [0.3, 0.4) is 0 Å². The number of benzene rings is 3. The highest BCUT2D eigenvalue weighted by atomic mass is 127. The molecular weight excluding hydrogens is 595 g/mol. The van der Waals surface area contributed by atoms with Crippen LogP contribution in [0, 0.1) is 17.4 Å². The SMILES string of the molecule is Cc1cc(C)c(OCC(=O)Nc2ccc3oc(-c4cc(I)ccc4Br)nc3c2)c(Cl)c1. The number of carbonyl (C=O) groups is 1. The van der Waals surface area contributed by atoms with Crippen molar-refractivity contribution in [3.63, 3.8) is 0 Å². The van der Waals surface area contributed by atoms with Gasteiger partial charge in [0.15, 0.2) is 12.2 Å². The smallest absolute Gasteiger partial charge is 0.262 e.